The number of benzene rings is 3. The van der Waals surface area contributed by atoms with E-state index >= 15 is 0 Å². The van der Waals surface area contributed by atoms with E-state index in [-0.39, 0.29) is 5.91 Å². The fourth-order valence-corrected chi connectivity index (χ4v) is 3.50. The fourth-order valence-electron chi connectivity index (χ4n) is 3.50. The Morgan fingerprint density at radius 1 is 1.00 bits per heavy atom. The molecule has 0 aliphatic rings. The number of carbonyl (C=O) groups is 1. The number of nitrogens with one attached hydrogen (secondary N) is 1. The van der Waals surface area contributed by atoms with Gasteiger partial charge >= 0.3 is 0 Å². The van der Waals surface area contributed by atoms with Crippen molar-refractivity contribution in [2.45, 2.75) is 19.9 Å². The molecule has 0 aliphatic carbocycles. The number of amides is 1. The molecular formula is C25H25N3O2. The van der Waals surface area contributed by atoms with Crippen LogP contribution in [0.15, 0.2) is 72.8 Å². The Morgan fingerprint density at radius 3 is 2.47 bits per heavy atom. The topological polar surface area (TPSA) is 56.1 Å². The third kappa shape index (κ3) is 4.35. The standard InChI is InChI=1S/C25H25N3O2/c1-18-7-9-19(10-8-18)17-28-23-6-4-3-5-22(23)27-24(28)15-16-26-25(29)20-11-13-21(30-2)14-12-20/h3-14H,15-17H2,1-2H3,(H,26,29). The highest BCUT2D eigenvalue weighted by Gasteiger charge is 2.12. The molecular weight excluding hydrogens is 374 g/mol. The van der Waals surface area contributed by atoms with Crippen LogP contribution in [0.4, 0.5) is 0 Å². The highest BCUT2D eigenvalue weighted by Crippen LogP contribution is 2.19. The molecule has 1 amide bonds. The third-order valence-electron chi connectivity index (χ3n) is 5.18. The maximum atomic E-state index is 12.4. The molecule has 1 heterocycles. The average molecular weight is 399 g/mol. The van der Waals surface area contributed by atoms with Gasteiger partial charge in [0.05, 0.1) is 18.1 Å². The van der Waals surface area contributed by atoms with Crippen LogP contribution in [-0.2, 0) is 13.0 Å². The first-order valence-corrected chi connectivity index (χ1v) is 10.1. The molecule has 1 N–H and O–H groups in total. The normalized spacial score (nSPS) is 10.9. The zero-order valence-corrected chi connectivity index (χ0v) is 17.3. The van der Waals surface area contributed by atoms with Crippen LogP contribution in [0, 0.1) is 6.92 Å². The zero-order valence-electron chi connectivity index (χ0n) is 17.3. The first-order chi connectivity index (χ1) is 14.6. The van der Waals surface area contributed by atoms with Gasteiger partial charge in [0.15, 0.2) is 0 Å². The van der Waals surface area contributed by atoms with Gasteiger partial charge in [-0.1, -0.05) is 42.0 Å². The van der Waals surface area contributed by atoms with Gasteiger partial charge in [-0.05, 0) is 48.9 Å². The minimum absolute atomic E-state index is 0.0983. The molecule has 0 unspecified atom stereocenters. The molecule has 4 aromatic rings. The molecule has 0 spiro atoms. The van der Waals surface area contributed by atoms with Gasteiger partial charge in [-0.25, -0.2) is 4.98 Å². The summed E-state index contributed by atoms with van der Waals surface area (Å²) in [6.07, 6.45) is 0.655. The van der Waals surface area contributed by atoms with Crippen molar-refractivity contribution in [2.24, 2.45) is 0 Å². The van der Waals surface area contributed by atoms with Crippen molar-refractivity contribution < 1.29 is 9.53 Å². The first kappa shape index (κ1) is 19.7. The summed E-state index contributed by atoms with van der Waals surface area (Å²) in [5, 5.41) is 2.99. The molecule has 5 heteroatoms. The van der Waals surface area contributed by atoms with E-state index in [2.05, 4.69) is 47.1 Å². The number of nitrogens with zero attached hydrogens (tertiary/aromatic N) is 2. The van der Waals surface area contributed by atoms with Crippen LogP contribution in [0.3, 0.4) is 0 Å². The van der Waals surface area contributed by atoms with Gasteiger partial charge < -0.3 is 14.6 Å². The van der Waals surface area contributed by atoms with Gasteiger partial charge in [0.2, 0.25) is 0 Å². The molecule has 0 bridgehead atoms. The summed E-state index contributed by atoms with van der Waals surface area (Å²) in [5.41, 5.74) is 5.17. The van der Waals surface area contributed by atoms with Crippen LogP contribution in [0.1, 0.15) is 27.3 Å². The Bertz CT molecular complexity index is 1150. The number of imidazole rings is 1. The maximum absolute atomic E-state index is 12.4. The number of ether oxygens (including phenoxy) is 1. The minimum Gasteiger partial charge on any atom is -0.497 e. The number of rotatable bonds is 7. The minimum atomic E-state index is -0.0983. The number of methoxy groups -OCH3 is 1. The molecule has 0 radical (unpaired) electrons. The van der Waals surface area contributed by atoms with Gasteiger partial charge in [0, 0.05) is 25.1 Å². The van der Waals surface area contributed by atoms with Crippen molar-refractivity contribution in [2.75, 3.05) is 13.7 Å². The number of aromatic nitrogens is 2. The van der Waals surface area contributed by atoms with E-state index in [1.54, 1.807) is 31.4 Å². The lowest BCUT2D eigenvalue weighted by Gasteiger charge is -2.11. The Labute approximate surface area is 176 Å². The Hall–Kier alpha value is -3.60. The number of fused-ring (bicyclic) bond motifs is 1. The lowest BCUT2D eigenvalue weighted by molar-refractivity contribution is 0.0954. The third-order valence-corrected chi connectivity index (χ3v) is 5.18. The summed E-state index contributed by atoms with van der Waals surface area (Å²) < 4.78 is 7.38. The molecule has 30 heavy (non-hydrogen) atoms. The highest BCUT2D eigenvalue weighted by atomic mass is 16.5. The van der Waals surface area contributed by atoms with E-state index < -0.39 is 0 Å². The van der Waals surface area contributed by atoms with Crippen LogP contribution in [-0.4, -0.2) is 29.1 Å². The van der Waals surface area contributed by atoms with Gasteiger partial charge in [0.25, 0.3) is 5.91 Å². The molecule has 152 valence electrons. The van der Waals surface area contributed by atoms with Crippen LogP contribution < -0.4 is 10.1 Å². The second-order valence-corrected chi connectivity index (χ2v) is 7.32. The van der Waals surface area contributed by atoms with Gasteiger partial charge in [-0.15, -0.1) is 0 Å². The molecule has 0 saturated carbocycles. The lowest BCUT2D eigenvalue weighted by Crippen LogP contribution is -2.26. The first-order valence-electron chi connectivity index (χ1n) is 10.1. The molecule has 4 rings (SSSR count). The molecule has 3 aromatic carbocycles. The van der Waals surface area contributed by atoms with Crippen molar-refractivity contribution >= 4 is 16.9 Å². The summed E-state index contributed by atoms with van der Waals surface area (Å²) in [6.45, 7) is 3.36. The maximum Gasteiger partial charge on any atom is 0.251 e. The zero-order chi connectivity index (χ0) is 20.9. The predicted molar refractivity (Wildman–Crippen MR) is 119 cm³/mol. The summed E-state index contributed by atoms with van der Waals surface area (Å²) in [7, 11) is 1.61. The second kappa shape index (κ2) is 8.82. The molecule has 0 aliphatic heterocycles. The van der Waals surface area contributed by atoms with Crippen LogP contribution in [0.25, 0.3) is 11.0 Å². The van der Waals surface area contributed by atoms with Crippen LogP contribution in [0.2, 0.25) is 0 Å². The smallest absolute Gasteiger partial charge is 0.251 e. The SMILES string of the molecule is COc1ccc(C(=O)NCCc2nc3ccccc3n2Cc2ccc(C)cc2)cc1. The monoisotopic (exact) mass is 399 g/mol. The highest BCUT2D eigenvalue weighted by molar-refractivity contribution is 5.94. The van der Waals surface area contributed by atoms with E-state index in [4.69, 9.17) is 9.72 Å². The number of carbonyl (C=O) groups excluding carboxylic acids is 1. The summed E-state index contributed by atoms with van der Waals surface area (Å²) in [5.74, 6) is 1.60. The van der Waals surface area contributed by atoms with E-state index in [1.807, 2.05) is 18.2 Å². The van der Waals surface area contributed by atoms with Crippen molar-refractivity contribution in [3.8, 4) is 5.75 Å². The molecule has 0 atom stereocenters. The molecule has 0 saturated heterocycles. The average Bonchev–Trinajstić information content (AvgIpc) is 3.12. The number of hydrogen-bond acceptors (Lipinski definition) is 3. The van der Waals surface area contributed by atoms with Crippen LogP contribution in [0.5, 0.6) is 5.75 Å². The quantitative estimate of drug-likeness (QED) is 0.502. The van der Waals surface area contributed by atoms with Crippen LogP contribution >= 0.6 is 0 Å². The predicted octanol–water partition coefficient (Wildman–Crippen LogP) is 4.37. The van der Waals surface area contributed by atoms with Gasteiger partial charge in [-0.3, -0.25) is 4.79 Å². The van der Waals surface area contributed by atoms with E-state index in [0.29, 0.717) is 18.5 Å². The van der Waals surface area contributed by atoms with Crippen molar-refractivity contribution in [3.63, 3.8) is 0 Å². The molecule has 0 fully saturated rings. The van der Waals surface area contributed by atoms with Crippen molar-refractivity contribution in [1.29, 1.82) is 0 Å². The summed E-state index contributed by atoms with van der Waals surface area (Å²) in [6, 6.07) is 23.8. The lowest BCUT2D eigenvalue weighted by atomic mass is 10.1. The second-order valence-electron chi connectivity index (χ2n) is 7.32. The number of hydrogen-bond donors (Lipinski definition) is 1. The number of para-hydroxylation sites is 2. The van der Waals surface area contributed by atoms with E-state index in [9.17, 15) is 4.79 Å². The van der Waals surface area contributed by atoms with Crippen molar-refractivity contribution in [1.82, 2.24) is 14.9 Å². The van der Waals surface area contributed by atoms with E-state index in [0.717, 1.165) is 29.2 Å². The Balaban J connectivity index is 1.49. The molecule has 1 aromatic heterocycles. The summed E-state index contributed by atoms with van der Waals surface area (Å²) in [4.78, 5) is 17.2. The van der Waals surface area contributed by atoms with Gasteiger partial charge in [0.1, 0.15) is 11.6 Å². The summed E-state index contributed by atoms with van der Waals surface area (Å²) >= 11 is 0. The van der Waals surface area contributed by atoms with Gasteiger partial charge in [-0.2, -0.15) is 0 Å². The number of aryl methyl sites for hydroxylation is 1. The fraction of sp³-hybridized carbons (Fsp3) is 0.200. The Kier molecular flexibility index (Phi) is 5.80. The molecule has 5 nitrogen and oxygen atoms in total. The van der Waals surface area contributed by atoms with E-state index in [1.165, 1.54) is 11.1 Å². The Morgan fingerprint density at radius 2 is 1.73 bits per heavy atom. The largest absolute Gasteiger partial charge is 0.497 e. The van der Waals surface area contributed by atoms with Crippen molar-refractivity contribution in [3.05, 3.63) is 95.3 Å².